The maximum atomic E-state index is 13.4. The molecule has 3 aromatic rings. The Hall–Kier alpha value is -3.03. The maximum absolute atomic E-state index is 13.4. The van der Waals surface area contributed by atoms with Crippen LogP contribution in [0.4, 0.5) is 5.69 Å². The van der Waals surface area contributed by atoms with Crippen LogP contribution < -0.4 is 14.4 Å². The molecule has 0 heterocycles. The van der Waals surface area contributed by atoms with Crippen molar-refractivity contribution in [3.63, 3.8) is 0 Å². The number of sulfonamides is 1. The molecule has 0 aliphatic rings. The van der Waals surface area contributed by atoms with E-state index in [1.54, 1.807) is 18.2 Å². The number of carbonyl (C=O) groups is 1. The van der Waals surface area contributed by atoms with Crippen LogP contribution in [0.2, 0.25) is 5.02 Å². The molecule has 0 atom stereocenters. The Labute approximate surface area is 212 Å². The lowest BCUT2D eigenvalue weighted by Gasteiger charge is -2.24. The highest BCUT2D eigenvalue weighted by Crippen LogP contribution is 2.25. The van der Waals surface area contributed by atoms with Crippen molar-refractivity contribution in [2.75, 3.05) is 17.4 Å². The van der Waals surface area contributed by atoms with Gasteiger partial charge in [0.1, 0.15) is 12.3 Å². The molecule has 3 aromatic carbocycles. The summed E-state index contributed by atoms with van der Waals surface area (Å²) < 4.78 is 33.7. The first-order valence-electron chi connectivity index (χ1n) is 11.5. The molecular weight excluding hydrogens is 484 g/mol. The van der Waals surface area contributed by atoms with Crippen molar-refractivity contribution in [3.05, 3.63) is 88.9 Å². The second-order valence-electron chi connectivity index (χ2n) is 8.57. The van der Waals surface area contributed by atoms with Crippen molar-refractivity contribution < 1.29 is 17.9 Å². The van der Waals surface area contributed by atoms with Crippen molar-refractivity contribution in [1.29, 1.82) is 0 Å². The monoisotopic (exact) mass is 514 g/mol. The number of aryl methyl sites for hydroxylation is 2. The second kappa shape index (κ2) is 12.1. The number of amides is 1. The summed E-state index contributed by atoms with van der Waals surface area (Å²) >= 11 is 5.93. The van der Waals surface area contributed by atoms with E-state index in [-0.39, 0.29) is 23.5 Å². The zero-order valence-corrected chi connectivity index (χ0v) is 21.8. The van der Waals surface area contributed by atoms with Crippen LogP contribution in [0.15, 0.2) is 77.7 Å². The van der Waals surface area contributed by atoms with E-state index in [1.165, 1.54) is 24.3 Å². The highest BCUT2D eigenvalue weighted by molar-refractivity contribution is 7.92. The van der Waals surface area contributed by atoms with Gasteiger partial charge in [0.25, 0.3) is 10.0 Å². The first-order chi connectivity index (χ1) is 16.6. The lowest BCUT2D eigenvalue weighted by atomic mass is 10.1. The highest BCUT2D eigenvalue weighted by Gasteiger charge is 2.27. The Balaban J connectivity index is 1.66. The molecule has 0 spiro atoms. The second-order valence-corrected chi connectivity index (χ2v) is 10.9. The largest absolute Gasteiger partial charge is 0.491 e. The summed E-state index contributed by atoms with van der Waals surface area (Å²) in [4.78, 5) is 12.8. The Morgan fingerprint density at radius 3 is 2.43 bits per heavy atom. The maximum Gasteiger partial charge on any atom is 0.264 e. The van der Waals surface area contributed by atoms with E-state index in [0.29, 0.717) is 23.7 Å². The van der Waals surface area contributed by atoms with Crippen molar-refractivity contribution in [2.45, 2.75) is 44.6 Å². The summed E-state index contributed by atoms with van der Waals surface area (Å²) in [5.41, 5.74) is 2.43. The van der Waals surface area contributed by atoms with E-state index in [0.717, 1.165) is 27.6 Å². The van der Waals surface area contributed by atoms with E-state index < -0.39 is 10.0 Å². The van der Waals surface area contributed by atoms with Crippen LogP contribution >= 0.6 is 11.6 Å². The number of carbonyl (C=O) groups excluding carboxylic acids is 1. The average molecular weight is 515 g/mol. The number of hydrogen-bond donors (Lipinski definition) is 1. The van der Waals surface area contributed by atoms with Crippen LogP contribution in [0.1, 0.15) is 31.4 Å². The predicted octanol–water partition coefficient (Wildman–Crippen LogP) is 5.38. The number of halogens is 1. The van der Waals surface area contributed by atoms with E-state index in [1.807, 2.05) is 51.1 Å². The summed E-state index contributed by atoms with van der Waals surface area (Å²) in [5.74, 6) is 0.448. The fourth-order valence-corrected chi connectivity index (χ4v) is 5.12. The fourth-order valence-electron chi connectivity index (χ4n) is 3.59. The number of anilines is 1. The molecule has 6 nitrogen and oxygen atoms in total. The van der Waals surface area contributed by atoms with Gasteiger partial charge < -0.3 is 10.1 Å². The molecule has 0 bridgehead atoms. The standard InChI is InChI=1S/C27H31ClN2O4S/c1-20(2)34-25-11-5-8-22(18-25)9-6-16-29-27(31)19-30(24-10-4-7-21(3)17-24)35(32,33)26-14-12-23(28)13-15-26/h4-5,7-8,10-15,17-18,20H,6,9,16,19H2,1-3H3,(H,29,31). The first-order valence-corrected chi connectivity index (χ1v) is 13.3. The van der Waals surface area contributed by atoms with E-state index in [9.17, 15) is 13.2 Å². The summed E-state index contributed by atoms with van der Waals surface area (Å²) in [6, 6.07) is 20.9. The van der Waals surface area contributed by atoms with E-state index >= 15 is 0 Å². The molecule has 0 aliphatic heterocycles. The molecule has 0 aliphatic carbocycles. The average Bonchev–Trinajstić information content (AvgIpc) is 2.80. The van der Waals surface area contributed by atoms with E-state index in [2.05, 4.69) is 5.32 Å². The van der Waals surface area contributed by atoms with Gasteiger partial charge in [-0.15, -0.1) is 0 Å². The molecule has 0 fully saturated rings. The van der Waals surface area contributed by atoms with Crippen LogP contribution in [0.3, 0.4) is 0 Å². The summed E-state index contributed by atoms with van der Waals surface area (Å²) in [6.45, 7) is 5.94. The van der Waals surface area contributed by atoms with Crippen molar-refractivity contribution >= 4 is 33.2 Å². The van der Waals surface area contributed by atoms with Crippen molar-refractivity contribution in [2.24, 2.45) is 0 Å². The third kappa shape index (κ3) is 7.73. The molecule has 1 amide bonds. The Kier molecular flexibility index (Phi) is 9.18. The number of ether oxygens (including phenoxy) is 1. The number of hydrogen-bond acceptors (Lipinski definition) is 4. The Bertz CT molecular complexity index is 1240. The van der Waals surface area contributed by atoms with Crippen molar-refractivity contribution in [3.8, 4) is 5.75 Å². The minimum Gasteiger partial charge on any atom is -0.491 e. The van der Waals surface area contributed by atoms with Crippen LogP contribution in [0.5, 0.6) is 5.75 Å². The number of nitrogens with zero attached hydrogens (tertiary/aromatic N) is 1. The molecule has 0 radical (unpaired) electrons. The quantitative estimate of drug-likeness (QED) is 0.348. The molecule has 186 valence electrons. The molecule has 0 unspecified atom stereocenters. The van der Waals surface area contributed by atoms with Crippen molar-refractivity contribution in [1.82, 2.24) is 5.32 Å². The van der Waals surface area contributed by atoms with E-state index in [4.69, 9.17) is 16.3 Å². The topological polar surface area (TPSA) is 75.7 Å². The number of nitrogens with one attached hydrogen (secondary N) is 1. The predicted molar refractivity (Wildman–Crippen MR) is 141 cm³/mol. The van der Waals surface area contributed by atoms with Gasteiger partial charge in [0, 0.05) is 11.6 Å². The van der Waals surface area contributed by atoms with Gasteiger partial charge in [-0.1, -0.05) is 35.9 Å². The van der Waals surface area contributed by atoms with Gasteiger partial charge in [0.15, 0.2) is 0 Å². The van der Waals surface area contributed by atoms with Gasteiger partial charge in [-0.3, -0.25) is 9.10 Å². The minimum absolute atomic E-state index is 0.0692. The van der Waals surface area contributed by atoms with Gasteiger partial charge >= 0.3 is 0 Å². The Morgan fingerprint density at radius 2 is 1.74 bits per heavy atom. The lowest BCUT2D eigenvalue weighted by Crippen LogP contribution is -2.41. The third-order valence-corrected chi connectivity index (χ3v) is 7.25. The highest BCUT2D eigenvalue weighted by atomic mass is 35.5. The molecule has 1 N–H and O–H groups in total. The van der Waals surface area contributed by atoms with Gasteiger partial charge in [-0.2, -0.15) is 0 Å². The van der Waals surface area contributed by atoms with Gasteiger partial charge in [0.2, 0.25) is 5.91 Å². The lowest BCUT2D eigenvalue weighted by molar-refractivity contribution is -0.119. The summed E-state index contributed by atoms with van der Waals surface area (Å²) in [6.07, 6.45) is 1.58. The van der Waals surface area contributed by atoms with Crippen LogP contribution in [-0.4, -0.2) is 33.5 Å². The van der Waals surface area contributed by atoms with Gasteiger partial charge in [-0.25, -0.2) is 8.42 Å². The van der Waals surface area contributed by atoms with Crippen LogP contribution in [0.25, 0.3) is 0 Å². The van der Waals surface area contributed by atoms with Crippen LogP contribution in [0, 0.1) is 6.92 Å². The normalized spacial score (nSPS) is 11.3. The molecule has 8 heteroatoms. The van der Waals surface area contributed by atoms with Crippen LogP contribution in [-0.2, 0) is 21.2 Å². The number of rotatable bonds is 11. The molecule has 35 heavy (non-hydrogen) atoms. The zero-order chi connectivity index (χ0) is 25.4. The SMILES string of the molecule is Cc1cccc(N(CC(=O)NCCCc2cccc(OC(C)C)c2)S(=O)(=O)c2ccc(Cl)cc2)c1. The minimum atomic E-state index is -3.97. The smallest absolute Gasteiger partial charge is 0.264 e. The molecule has 0 saturated carbocycles. The third-order valence-electron chi connectivity index (χ3n) is 5.21. The van der Waals surface area contributed by atoms with Gasteiger partial charge in [-0.05, 0) is 93.3 Å². The Morgan fingerprint density at radius 1 is 1.03 bits per heavy atom. The summed E-state index contributed by atoms with van der Waals surface area (Å²) in [5, 5.41) is 3.29. The molecule has 3 rings (SSSR count). The number of benzene rings is 3. The molecule has 0 saturated heterocycles. The summed E-state index contributed by atoms with van der Waals surface area (Å²) in [7, 11) is -3.97. The molecular formula is C27H31ClN2O4S. The zero-order valence-electron chi connectivity index (χ0n) is 20.2. The molecule has 0 aromatic heterocycles. The van der Waals surface area contributed by atoms with Gasteiger partial charge in [0.05, 0.1) is 16.7 Å². The first kappa shape index (κ1) is 26.6. The fraction of sp³-hybridized carbons (Fsp3) is 0.296.